The normalized spacial score (nSPS) is 26.8. The second-order valence-corrected chi connectivity index (χ2v) is 7.69. The molecule has 1 aromatic carbocycles. The highest BCUT2D eigenvalue weighted by Gasteiger charge is 2.38. The summed E-state index contributed by atoms with van der Waals surface area (Å²) in [5.41, 5.74) is 3.97. The van der Waals surface area contributed by atoms with E-state index in [4.69, 9.17) is 4.74 Å². The first kappa shape index (κ1) is 16.6. The molecule has 0 radical (unpaired) electrons. The number of aromatic amines is 1. The van der Waals surface area contributed by atoms with E-state index in [-0.39, 0.29) is 5.97 Å². The fourth-order valence-electron chi connectivity index (χ4n) is 5.17. The van der Waals surface area contributed by atoms with E-state index in [1.165, 1.54) is 49.4 Å². The number of H-pyrrole nitrogens is 1. The van der Waals surface area contributed by atoms with Crippen molar-refractivity contribution in [2.45, 2.75) is 58.4 Å². The van der Waals surface area contributed by atoms with Crippen molar-refractivity contribution in [3.05, 3.63) is 29.5 Å². The van der Waals surface area contributed by atoms with Gasteiger partial charge in [0.2, 0.25) is 0 Å². The fraction of sp³-hybridized carbons (Fsp3) is 0.571. The first-order valence-corrected chi connectivity index (χ1v) is 9.65. The molecule has 0 saturated carbocycles. The van der Waals surface area contributed by atoms with Gasteiger partial charge in [-0.25, -0.2) is 0 Å². The molecule has 3 atom stereocenters. The molecule has 25 heavy (non-hydrogen) atoms. The number of fused-ring (bicyclic) bond motifs is 4. The minimum atomic E-state index is -0.266. The van der Waals surface area contributed by atoms with Gasteiger partial charge >= 0.3 is 5.97 Å². The zero-order valence-corrected chi connectivity index (χ0v) is 15.5. The van der Waals surface area contributed by atoms with E-state index in [1.807, 2.05) is 18.2 Å². The molecule has 4 rings (SSSR count). The van der Waals surface area contributed by atoms with E-state index < -0.39 is 0 Å². The Morgan fingerprint density at radius 1 is 1.36 bits per heavy atom. The number of ether oxygens (including phenoxy) is 1. The molecule has 0 bridgehead atoms. The second kappa shape index (κ2) is 6.49. The van der Waals surface area contributed by atoms with Gasteiger partial charge in [0.1, 0.15) is 5.75 Å². The van der Waals surface area contributed by atoms with E-state index in [0.29, 0.717) is 17.7 Å². The van der Waals surface area contributed by atoms with Crippen molar-refractivity contribution in [2.24, 2.45) is 5.92 Å². The van der Waals surface area contributed by atoms with Crippen molar-refractivity contribution in [3.63, 3.8) is 0 Å². The summed E-state index contributed by atoms with van der Waals surface area (Å²) >= 11 is 0. The van der Waals surface area contributed by atoms with Gasteiger partial charge in [0.05, 0.1) is 0 Å². The fourth-order valence-corrected chi connectivity index (χ4v) is 5.17. The number of hydrogen-bond acceptors (Lipinski definition) is 3. The largest absolute Gasteiger partial charge is 0.427 e. The Kier molecular flexibility index (Phi) is 4.32. The van der Waals surface area contributed by atoms with E-state index in [9.17, 15) is 4.79 Å². The lowest BCUT2D eigenvalue weighted by Gasteiger charge is -2.43. The van der Waals surface area contributed by atoms with Crippen LogP contribution in [0, 0.1) is 5.92 Å². The molecule has 1 N–H and O–H groups in total. The van der Waals surface area contributed by atoms with Crippen LogP contribution in [0.4, 0.5) is 0 Å². The third kappa shape index (κ3) is 2.86. The molecule has 4 heteroatoms. The summed E-state index contributed by atoms with van der Waals surface area (Å²) in [4.78, 5) is 17.7. The Morgan fingerprint density at radius 3 is 2.96 bits per heavy atom. The lowest BCUT2D eigenvalue weighted by Crippen LogP contribution is -2.47. The topological polar surface area (TPSA) is 45.3 Å². The van der Waals surface area contributed by atoms with Gasteiger partial charge in [0.15, 0.2) is 0 Å². The smallest absolute Gasteiger partial charge is 0.308 e. The highest BCUT2D eigenvalue weighted by molar-refractivity contribution is 5.87. The van der Waals surface area contributed by atoms with Gasteiger partial charge in [-0.1, -0.05) is 20.3 Å². The van der Waals surface area contributed by atoms with Crippen LogP contribution in [0.15, 0.2) is 18.2 Å². The van der Waals surface area contributed by atoms with Gasteiger partial charge in [0.25, 0.3) is 0 Å². The van der Waals surface area contributed by atoms with Crippen LogP contribution in [0.5, 0.6) is 5.75 Å². The Labute approximate surface area is 149 Å². The number of piperidine rings is 1. The maximum absolute atomic E-state index is 11.3. The van der Waals surface area contributed by atoms with Crippen molar-refractivity contribution in [1.82, 2.24) is 9.88 Å². The van der Waals surface area contributed by atoms with Gasteiger partial charge in [-0.15, -0.1) is 0 Å². The molecule has 134 valence electrons. The molecule has 3 heterocycles. The number of hydrogen-bond donors (Lipinski definition) is 1. The predicted molar refractivity (Wildman–Crippen MR) is 100 cm³/mol. The Morgan fingerprint density at radius 2 is 2.20 bits per heavy atom. The van der Waals surface area contributed by atoms with E-state index >= 15 is 0 Å². The minimum Gasteiger partial charge on any atom is -0.427 e. The Bertz CT molecular complexity index is 795. The molecule has 2 aliphatic rings. The van der Waals surface area contributed by atoms with Crippen molar-refractivity contribution >= 4 is 16.9 Å². The summed E-state index contributed by atoms with van der Waals surface area (Å²) < 4.78 is 5.31. The zero-order chi connectivity index (χ0) is 17.6. The van der Waals surface area contributed by atoms with E-state index in [2.05, 4.69) is 23.7 Å². The lowest BCUT2D eigenvalue weighted by molar-refractivity contribution is -0.131. The van der Waals surface area contributed by atoms with Gasteiger partial charge in [0, 0.05) is 42.0 Å². The van der Waals surface area contributed by atoms with Crippen LogP contribution in [0.25, 0.3) is 10.9 Å². The lowest BCUT2D eigenvalue weighted by atomic mass is 9.79. The second-order valence-electron chi connectivity index (χ2n) is 7.69. The molecule has 1 aromatic heterocycles. The van der Waals surface area contributed by atoms with Crippen LogP contribution in [0.2, 0.25) is 0 Å². The maximum atomic E-state index is 11.3. The van der Waals surface area contributed by atoms with Gasteiger partial charge < -0.3 is 9.72 Å². The number of esters is 1. The first-order valence-electron chi connectivity index (χ1n) is 9.65. The molecule has 0 amide bonds. The van der Waals surface area contributed by atoms with Crippen molar-refractivity contribution < 1.29 is 9.53 Å². The third-order valence-electron chi connectivity index (χ3n) is 6.24. The third-order valence-corrected chi connectivity index (χ3v) is 6.24. The summed E-state index contributed by atoms with van der Waals surface area (Å²) in [6.07, 6.45) is 5.01. The van der Waals surface area contributed by atoms with Crippen molar-refractivity contribution in [3.8, 4) is 5.75 Å². The van der Waals surface area contributed by atoms with E-state index in [0.717, 1.165) is 24.4 Å². The zero-order valence-electron chi connectivity index (χ0n) is 15.5. The first-order chi connectivity index (χ1) is 12.1. The van der Waals surface area contributed by atoms with Crippen LogP contribution >= 0.6 is 0 Å². The molecule has 0 aliphatic carbocycles. The molecule has 4 nitrogen and oxygen atoms in total. The molecule has 0 spiro atoms. The average molecular weight is 340 g/mol. The molecule has 1 saturated heterocycles. The van der Waals surface area contributed by atoms with Crippen LogP contribution in [0.1, 0.15) is 57.2 Å². The number of rotatable bonds is 2. The predicted octanol–water partition coefficient (Wildman–Crippen LogP) is 4.24. The van der Waals surface area contributed by atoms with E-state index in [1.54, 1.807) is 0 Å². The molecular weight excluding hydrogens is 312 g/mol. The average Bonchev–Trinajstić information content (AvgIpc) is 2.89. The Balaban J connectivity index is 1.77. The highest BCUT2D eigenvalue weighted by Crippen LogP contribution is 2.41. The van der Waals surface area contributed by atoms with Gasteiger partial charge in [-0.2, -0.15) is 0 Å². The number of carbonyl (C=O) groups excluding carboxylic acids is 1. The number of aromatic nitrogens is 1. The molecule has 2 aromatic rings. The van der Waals surface area contributed by atoms with Crippen LogP contribution in [0.3, 0.4) is 0 Å². The van der Waals surface area contributed by atoms with Gasteiger partial charge in [-0.3, -0.25) is 9.69 Å². The summed E-state index contributed by atoms with van der Waals surface area (Å²) in [5, 5.41) is 1.22. The summed E-state index contributed by atoms with van der Waals surface area (Å²) in [5.74, 6) is 1.67. The van der Waals surface area contributed by atoms with Crippen molar-refractivity contribution in [1.29, 1.82) is 0 Å². The number of nitrogens with zero attached hydrogens (tertiary/aromatic N) is 1. The molecule has 1 unspecified atom stereocenters. The SMILES string of the molecule is CC[C@H]1CCCN2CCc3c([nH]c4ccc(OC(C)=O)cc34)[C@H](C)C12. The number of nitrogens with one attached hydrogen (secondary N) is 1. The minimum absolute atomic E-state index is 0.266. The molecule has 2 aliphatic heterocycles. The maximum Gasteiger partial charge on any atom is 0.308 e. The van der Waals surface area contributed by atoms with Crippen LogP contribution < -0.4 is 4.74 Å². The highest BCUT2D eigenvalue weighted by atomic mass is 16.5. The number of benzene rings is 1. The summed E-state index contributed by atoms with van der Waals surface area (Å²) in [7, 11) is 0. The van der Waals surface area contributed by atoms with Gasteiger partial charge in [-0.05, 0) is 55.5 Å². The number of carbonyl (C=O) groups is 1. The quantitative estimate of drug-likeness (QED) is 0.657. The van der Waals surface area contributed by atoms with Crippen LogP contribution in [-0.4, -0.2) is 35.0 Å². The summed E-state index contributed by atoms with van der Waals surface area (Å²) in [6, 6.07) is 6.60. The molecule has 1 fully saturated rings. The van der Waals surface area contributed by atoms with Crippen LogP contribution in [-0.2, 0) is 11.2 Å². The summed E-state index contributed by atoms with van der Waals surface area (Å²) in [6.45, 7) is 8.53. The van der Waals surface area contributed by atoms with Crippen molar-refractivity contribution in [2.75, 3.05) is 13.1 Å². The monoisotopic (exact) mass is 340 g/mol. The standard InChI is InChI=1S/C21H28N2O2/c1-4-15-6-5-10-23-11-9-17-18-12-16(25-14(3)24)7-8-19(18)22-20(17)13(2)21(15)23/h7-8,12-13,15,21-22H,4-6,9-11H2,1-3H3/t13-,15-,21?/m0/s1. The Hall–Kier alpha value is -1.81. The molecular formula is C21H28N2O2.